The number of nitrogens with zero attached hydrogens (tertiary/aromatic N) is 2. The van der Waals surface area contributed by atoms with Gasteiger partial charge in [0.1, 0.15) is 0 Å². The van der Waals surface area contributed by atoms with E-state index in [-0.39, 0.29) is 16.9 Å². The van der Waals surface area contributed by atoms with Crippen LogP contribution in [0.2, 0.25) is 0 Å². The number of nitrogens with one attached hydrogen (secondary N) is 1. The molecule has 6 heteroatoms. The molecular formula is C27H41N3O2S. The number of fused-ring (bicyclic) bond motifs is 7. The van der Waals surface area contributed by atoms with E-state index >= 15 is 0 Å². The number of thiazole rings is 1. The molecule has 0 bridgehead atoms. The summed E-state index contributed by atoms with van der Waals surface area (Å²) in [7, 11) is 0. The van der Waals surface area contributed by atoms with Gasteiger partial charge in [0, 0.05) is 19.6 Å². The van der Waals surface area contributed by atoms with Gasteiger partial charge in [-0.3, -0.25) is 4.90 Å². The van der Waals surface area contributed by atoms with Gasteiger partial charge < -0.3 is 15.2 Å². The maximum absolute atomic E-state index is 10.7. The van der Waals surface area contributed by atoms with Crippen LogP contribution in [0.1, 0.15) is 69.4 Å². The predicted octanol–water partition coefficient (Wildman–Crippen LogP) is 4.82. The molecule has 0 radical (unpaired) electrons. The molecule has 0 spiro atoms. The minimum atomic E-state index is -0.0852. The van der Waals surface area contributed by atoms with Crippen molar-refractivity contribution in [2.24, 2.45) is 28.6 Å². The molecule has 4 aliphatic carbocycles. The molecule has 1 aliphatic heterocycles. The van der Waals surface area contributed by atoms with E-state index in [1.807, 2.05) is 11.3 Å². The first-order valence-electron chi connectivity index (χ1n) is 13.4. The Hall–Kier alpha value is -0.950. The van der Waals surface area contributed by atoms with Crippen LogP contribution in [0.25, 0.3) is 5.57 Å². The van der Waals surface area contributed by atoms with Gasteiger partial charge in [-0.2, -0.15) is 0 Å². The summed E-state index contributed by atoms with van der Waals surface area (Å²) in [5, 5.41) is 15.5. The van der Waals surface area contributed by atoms with Crippen molar-refractivity contribution in [3.63, 3.8) is 0 Å². The SMILES string of the molecule is C[C@]12CC[C@H]3[C@@H](CC=C4c5sc(NCCCN6CCOCC6)nc5CC[C@@]43C)[C@@H]1CC[C@@H]2O. The van der Waals surface area contributed by atoms with E-state index in [0.717, 1.165) is 75.6 Å². The number of hydrogen-bond donors (Lipinski definition) is 2. The van der Waals surface area contributed by atoms with Gasteiger partial charge in [-0.15, -0.1) is 0 Å². The summed E-state index contributed by atoms with van der Waals surface area (Å²) in [6, 6.07) is 0. The predicted molar refractivity (Wildman–Crippen MR) is 135 cm³/mol. The fourth-order valence-corrected chi connectivity index (χ4v) is 9.46. The van der Waals surface area contributed by atoms with Crippen LogP contribution in [-0.2, 0) is 11.2 Å². The number of rotatable bonds is 5. The van der Waals surface area contributed by atoms with Gasteiger partial charge in [-0.05, 0) is 92.1 Å². The molecule has 1 aromatic rings. The van der Waals surface area contributed by atoms with Crippen LogP contribution in [0.4, 0.5) is 5.13 Å². The summed E-state index contributed by atoms with van der Waals surface area (Å²) in [6.07, 6.45) is 11.9. The molecule has 5 nitrogen and oxygen atoms in total. The summed E-state index contributed by atoms with van der Waals surface area (Å²) in [4.78, 5) is 9.01. The van der Waals surface area contributed by atoms with Gasteiger partial charge in [0.15, 0.2) is 5.13 Å². The van der Waals surface area contributed by atoms with Gasteiger partial charge in [-0.25, -0.2) is 4.98 Å². The summed E-state index contributed by atoms with van der Waals surface area (Å²) in [6.45, 7) is 11.0. The van der Waals surface area contributed by atoms with Crippen molar-refractivity contribution in [2.45, 2.75) is 71.3 Å². The molecular weight excluding hydrogens is 430 g/mol. The summed E-state index contributed by atoms with van der Waals surface area (Å²) in [5.41, 5.74) is 3.37. The average molecular weight is 472 g/mol. The molecule has 1 saturated heterocycles. The van der Waals surface area contributed by atoms with Crippen LogP contribution in [0, 0.1) is 28.6 Å². The highest BCUT2D eigenvalue weighted by Gasteiger charge is 2.58. The van der Waals surface area contributed by atoms with Crippen LogP contribution in [0.15, 0.2) is 6.08 Å². The quantitative estimate of drug-likeness (QED) is 0.603. The smallest absolute Gasteiger partial charge is 0.183 e. The number of allylic oxidation sites excluding steroid dienone is 2. The van der Waals surface area contributed by atoms with E-state index in [0.29, 0.717) is 5.92 Å². The lowest BCUT2D eigenvalue weighted by Crippen LogP contribution is -2.50. The zero-order valence-electron chi connectivity index (χ0n) is 20.4. The van der Waals surface area contributed by atoms with Crippen LogP contribution < -0.4 is 5.32 Å². The number of aliphatic hydroxyl groups excluding tert-OH is 1. The van der Waals surface area contributed by atoms with E-state index in [4.69, 9.17) is 9.72 Å². The molecule has 1 aromatic heterocycles. The molecule has 5 aliphatic rings. The first-order valence-corrected chi connectivity index (χ1v) is 14.2. The van der Waals surface area contributed by atoms with Crippen molar-refractivity contribution in [2.75, 3.05) is 44.7 Å². The summed E-state index contributed by atoms with van der Waals surface area (Å²) in [5.74, 6) is 2.22. The fourth-order valence-electron chi connectivity index (χ4n) is 8.25. The van der Waals surface area contributed by atoms with Crippen molar-refractivity contribution in [1.82, 2.24) is 9.88 Å². The number of aryl methyl sites for hydroxylation is 1. The second kappa shape index (κ2) is 8.61. The lowest BCUT2D eigenvalue weighted by molar-refractivity contribution is -0.0579. The lowest BCUT2D eigenvalue weighted by Gasteiger charge is -2.56. The maximum Gasteiger partial charge on any atom is 0.183 e. The summed E-state index contributed by atoms with van der Waals surface area (Å²) < 4.78 is 5.45. The third-order valence-electron chi connectivity index (χ3n) is 10.3. The van der Waals surface area contributed by atoms with E-state index in [1.165, 1.54) is 42.7 Å². The number of anilines is 1. The lowest BCUT2D eigenvalue weighted by atomic mass is 9.48. The third-order valence-corrected chi connectivity index (χ3v) is 11.4. The van der Waals surface area contributed by atoms with Crippen molar-refractivity contribution < 1.29 is 9.84 Å². The maximum atomic E-state index is 10.7. The van der Waals surface area contributed by atoms with Gasteiger partial charge >= 0.3 is 0 Å². The van der Waals surface area contributed by atoms with Crippen molar-refractivity contribution in [3.05, 3.63) is 16.6 Å². The minimum Gasteiger partial charge on any atom is -0.393 e. The van der Waals surface area contributed by atoms with Crippen LogP contribution in [0.3, 0.4) is 0 Å². The molecule has 0 amide bonds. The fraction of sp³-hybridized carbons (Fsp3) is 0.815. The monoisotopic (exact) mass is 471 g/mol. The average Bonchev–Trinajstić information content (AvgIpc) is 3.37. The second-order valence-corrected chi connectivity index (χ2v) is 12.8. The van der Waals surface area contributed by atoms with E-state index in [9.17, 15) is 5.11 Å². The van der Waals surface area contributed by atoms with Crippen LogP contribution in [0.5, 0.6) is 0 Å². The Kier molecular flexibility index (Phi) is 5.88. The van der Waals surface area contributed by atoms with E-state index < -0.39 is 0 Å². The van der Waals surface area contributed by atoms with E-state index in [1.54, 1.807) is 5.57 Å². The highest BCUT2D eigenvalue weighted by molar-refractivity contribution is 7.16. The van der Waals surface area contributed by atoms with Crippen molar-refractivity contribution in [1.29, 1.82) is 0 Å². The normalized spacial score (nSPS) is 40.4. The summed E-state index contributed by atoms with van der Waals surface area (Å²) >= 11 is 1.90. The molecule has 182 valence electrons. The molecule has 3 fully saturated rings. The highest BCUT2D eigenvalue weighted by Crippen LogP contribution is 2.66. The molecule has 0 aromatic carbocycles. The van der Waals surface area contributed by atoms with Crippen molar-refractivity contribution in [3.8, 4) is 0 Å². The molecule has 2 N–H and O–H groups in total. The van der Waals surface area contributed by atoms with Crippen LogP contribution in [-0.4, -0.2) is 60.5 Å². The number of morpholine rings is 1. The number of aliphatic hydroxyl groups is 1. The Labute approximate surface area is 203 Å². The zero-order chi connectivity index (χ0) is 22.6. The Morgan fingerprint density at radius 1 is 1.18 bits per heavy atom. The molecule has 2 heterocycles. The second-order valence-electron chi connectivity index (χ2n) is 11.8. The molecule has 2 saturated carbocycles. The van der Waals surface area contributed by atoms with Crippen LogP contribution >= 0.6 is 11.3 Å². The third kappa shape index (κ3) is 3.71. The first-order chi connectivity index (χ1) is 16.0. The molecule has 6 rings (SSSR count). The highest BCUT2D eigenvalue weighted by atomic mass is 32.1. The minimum absolute atomic E-state index is 0.0852. The number of ether oxygens (including phenoxy) is 1. The number of hydrogen-bond acceptors (Lipinski definition) is 6. The zero-order valence-corrected chi connectivity index (χ0v) is 21.3. The van der Waals surface area contributed by atoms with Gasteiger partial charge in [0.05, 0.1) is 29.9 Å². The number of aromatic nitrogens is 1. The topological polar surface area (TPSA) is 57.6 Å². The Morgan fingerprint density at radius 3 is 2.88 bits per heavy atom. The van der Waals surface area contributed by atoms with E-state index in [2.05, 4.69) is 30.1 Å². The molecule has 6 atom stereocenters. The largest absolute Gasteiger partial charge is 0.393 e. The first kappa shape index (κ1) is 22.5. The van der Waals surface area contributed by atoms with Crippen molar-refractivity contribution >= 4 is 22.0 Å². The Morgan fingerprint density at radius 2 is 2.03 bits per heavy atom. The van der Waals surface area contributed by atoms with Gasteiger partial charge in [-0.1, -0.05) is 31.3 Å². The Bertz CT molecular complexity index is 909. The standard InChI is InChI=1S/C27H41N3O2S/c1-26-11-9-22-24(33-25(29-22)28-12-3-13-30-14-16-32-17-15-30)21(26)5-4-18-19-6-7-23(31)27(19,2)10-8-20(18)26/h5,18-20,23,31H,3-4,6-17H2,1-2H3,(H,28,29)/t18-,19-,20-,23-,26+,27-/m0/s1. The Balaban J connectivity index is 1.15. The molecule has 33 heavy (non-hydrogen) atoms. The van der Waals surface area contributed by atoms with Gasteiger partial charge in [0.2, 0.25) is 0 Å². The molecule has 0 unspecified atom stereocenters. The van der Waals surface area contributed by atoms with Gasteiger partial charge in [0.25, 0.3) is 0 Å².